The molecule has 2 aromatic rings. The number of hydrogen-bond acceptors (Lipinski definition) is 3. The lowest BCUT2D eigenvalue weighted by Crippen LogP contribution is -2.07. The summed E-state index contributed by atoms with van der Waals surface area (Å²) in [5.41, 5.74) is 5.87. The van der Waals surface area contributed by atoms with Crippen molar-refractivity contribution in [3.8, 4) is 5.69 Å². The average Bonchev–Trinajstić information content (AvgIpc) is 2.67. The fraction of sp³-hybridized carbons (Fsp3) is 0.273. The van der Waals surface area contributed by atoms with E-state index in [0.29, 0.717) is 18.2 Å². The van der Waals surface area contributed by atoms with Gasteiger partial charge in [-0.2, -0.15) is 0 Å². The first-order valence-electron chi connectivity index (χ1n) is 5.39. The first-order chi connectivity index (χ1) is 8.54. The largest absolute Gasteiger partial charge is 0.381 e. The number of aromatic nitrogens is 3. The molecular formula is C11H11F3N4. The number of halogens is 3. The third-order valence-electron chi connectivity index (χ3n) is 2.50. The van der Waals surface area contributed by atoms with Crippen LogP contribution in [-0.4, -0.2) is 15.0 Å². The van der Waals surface area contributed by atoms with Gasteiger partial charge in [0.15, 0.2) is 23.3 Å². The zero-order valence-corrected chi connectivity index (χ0v) is 9.62. The molecule has 7 heteroatoms. The average molecular weight is 256 g/mol. The van der Waals surface area contributed by atoms with Crippen molar-refractivity contribution in [1.29, 1.82) is 0 Å². The molecule has 2 N–H and O–H groups in total. The molecule has 0 aliphatic rings. The van der Waals surface area contributed by atoms with E-state index in [1.807, 2.05) is 6.92 Å². The molecule has 1 aromatic heterocycles. The summed E-state index contributed by atoms with van der Waals surface area (Å²) in [4.78, 5) is 0. The minimum absolute atomic E-state index is 0.154. The summed E-state index contributed by atoms with van der Waals surface area (Å²) >= 11 is 0. The molecule has 18 heavy (non-hydrogen) atoms. The first kappa shape index (κ1) is 12.4. The summed E-state index contributed by atoms with van der Waals surface area (Å²) in [6, 6.07) is 1.20. The normalized spacial score (nSPS) is 10.9. The molecule has 0 saturated carbocycles. The summed E-state index contributed by atoms with van der Waals surface area (Å²) in [6.07, 6.45) is 1.25. The summed E-state index contributed by atoms with van der Waals surface area (Å²) in [5.74, 6) is -3.17. The maximum absolute atomic E-state index is 13.6. The Kier molecular flexibility index (Phi) is 3.22. The molecule has 4 nitrogen and oxygen atoms in total. The lowest BCUT2D eigenvalue weighted by Gasteiger charge is -2.07. The van der Waals surface area contributed by atoms with E-state index >= 15 is 0 Å². The third kappa shape index (κ3) is 2.03. The Labute approximate surface area is 101 Å². The number of nitrogens with two attached hydrogens (primary N) is 1. The molecular weight excluding hydrogens is 245 g/mol. The minimum Gasteiger partial charge on any atom is -0.381 e. The second-order valence-corrected chi connectivity index (χ2v) is 3.80. The third-order valence-corrected chi connectivity index (χ3v) is 2.50. The molecule has 0 atom stereocenters. The minimum atomic E-state index is -1.25. The van der Waals surface area contributed by atoms with E-state index in [1.165, 1.54) is 0 Å². The summed E-state index contributed by atoms with van der Waals surface area (Å²) < 4.78 is 40.7. The van der Waals surface area contributed by atoms with Gasteiger partial charge in [-0.25, -0.2) is 17.9 Å². The standard InChI is InChI=1S/C11H11F3N4/c1-2-3-9-11(15)16-17-18(9)10-5-7(13)6(12)4-8(10)14/h4-5H,2-3,15H2,1H3. The molecule has 0 radical (unpaired) electrons. The smallest absolute Gasteiger partial charge is 0.169 e. The SMILES string of the molecule is CCCc1c(N)nnn1-c1cc(F)c(F)cc1F. The maximum atomic E-state index is 13.6. The molecule has 0 aliphatic heterocycles. The van der Waals surface area contributed by atoms with Crippen molar-refractivity contribution in [3.05, 3.63) is 35.3 Å². The van der Waals surface area contributed by atoms with Gasteiger partial charge in [-0.3, -0.25) is 0 Å². The van der Waals surface area contributed by atoms with Crippen LogP contribution in [-0.2, 0) is 6.42 Å². The van der Waals surface area contributed by atoms with Crippen LogP contribution in [0.3, 0.4) is 0 Å². The van der Waals surface area contributed by atoms with Crippen LogP contribution < -0.4 is 5.73 Å². The van der Waals surface area contributed by atoms with Gasteiger partial charge in [0, 0.05) is 12.1 Å². The van der Waals surface area contributed by atoms with Crippen LogP contribution in [0, 0.1) is 17.5 Å². The van der Waals surface area contributed by atoms with E-state index in [9.17, 15) is 13.2 Å². The Morgan fingerprint density at radius 2 is 1.83 bits per heavy atom. The fourth-order valence-electron chi connectivity index (χ4n) is 1.65. The van der Waals surface area contributed by atoms with Crippen LogP contribution in [0.1, 0.15) is 19.0 Å². The highest BCUT2D eigenvalue weighted by molar-refractivity contribution is 5.42. The topological polar surface area (TPSA) is 56.7 Å². The Morgan fingerprint density at radius 1 is 1.17 bits per heavy atom. The monoisotopic (exact) mass is 256 g/mol. The van der Waals surface area contributed by atoms with Gasteiger partial charge in [0.05, 0.1) is 5.69 Å². The van der Waals surface area contributed by atoms with Crippen LogP contribution in [0.5, 0.6) is 0 Å². The number of rotatable bonds is 3. The van der Waals surface area contributed by atoms with Crippen LogP contribution in [0.4, 0.5) is 19.0 Å². The highest BCUT2D eigenvalue weighted by Crippen LogP contribution is 2.21. The number of nitrogen functional groups attached to an aromatic ring is 1. The second-order valence-electron chi connectivity index (χ2n) is 3.80. The van der Waals surface area contributed by atoms with Gasteiger partial charge in [-0.1, -0.05) is 18.6 Å². The number of benzene rings is 1. The van der Waals surface area contributed by atoms with Gasteiger partial charge in [0.1, 0.15) is 5.69 Å². The predicted octanol–water partition coefficient (Wildman–Crippen LogP) is 2.22. The number of nitrogens with zero attached hydrogens (tertiary/aromatic N) is 3. The van der Waals surface area contributed by atoms with E-state index < -0.39 is 17.5 Å². The van der Waals surface area contributed by atoms with E-state index in [-0.39, 0.29) is 11.5 Å². The quantitative estimate of drug-likeness (QED) is 0.857. The van der Waals surface area contributed by atoms with Gasteiger partial charge < -0.3 is 5.73 Å². The van der Waals surface area contributed by atoms with E-state index in [0.717, 1.165) is 17.2 Å². The van der Waals surface area contributed by atoms with Crippen molar-refractivity contribution in [2.24, 2.45) is 0 Å². The van der Waals surface area contributed by atoms with Crippen LogP contribution >= 0.6 is 0 Å². The van der Waals surface area contributed by atoms with Gasteiger partial charge in [0.2, 0.25) is 0 Å². The molecule has 96 valence electrons. The van der Waals surface area contributed by atoms with Crippen molar-refractivity contribution >= 4 is 5.82 Å². The fourth-order valence-corrected chi connectivity index (χ4v) is 1.65. The Hall–Kier alpha value is -2.05. The Balaban J connectivity index is 2.58. The zero-order valence-electron chi connectivity index (χ0n) is 9.62. The van der Waals surface area contributed by atoms with E-state index in [1.54, 1.807) is 0 Å². The molecule has 1 heterocycles. The lowest BCUT2D eigenvalue weighted by atomic mass is 10.2. The van der Waals surface area contributed by atoms with E-state index in [4.69, 9.17) is 5.73 Å². The maximum Gasteiger partial charge on any atom is 0.169 e. The molecule has 0 aliphatic carbocycles. The summed E-state index contributed by atoms with van der Waals surface area (Å²) in [7, 11) is 0. The van der Waals surface area contributed by atoms with Crippen molar-refractivity contribution in [1.82, 2.24) is 15.0 Å². The lowest BCUT2D eigenvalue weighted by molar-refractivity contribution is 0.490. The molecule has 0 unspecified atom stereocenters. The Bertz CT molecular complexity index is 580. The van der Waals surface area contributed by atoms with Crippen LogP contribution in [0.2, 0.25) is 0 Å². The van der Waals surface area contributed by atoms with Crippen LogP contribution in [0.15, 0.2) is 12.1 Å². The Morgan fingerprint density at radius 3 is 2.50 bits per heavy atom. The molecule has 1 aromatic carbocycles. The summed E-state index contributed by atoms with van der Waals surface area (Å²) in [6.45, 7) is 1.90. The number of hydrogen-bond donors (Lipinski definition) is 1. The van der Waals surface area contributed by atoms with Gasteiger partial charge in [-0.15, -0.1) is 5.10 Å². The molecule has 2 rings (SSSR count). The van der Waals surface area contributed by atoms with Crippen molar-refractivity contribution in [3.63, 3.8) is 0 Å². The number of anilines is 1. The van der Waals surface area contributed by atoms with Crippen molar-refractivity contribution in [2.75, 3.05) is 5.73 Å². The predicted molar refractivity (Wildman–Crippen MR) is 59.6 cm³/mol. The molecule has 0 bridgehead atoms. The highest BCUT2D eigenvalue weighted by atomic mass is 19.2. The highest BCUT2D eigenvalue weighted by Gasteiger charge is 2.17. The van der Waals surface area contributed by atoms with E-state index in [2.05, 4.69) is 10.3 Å². The molecule has 0 saturated heterocycles. The first-order valence-corrected chi connectivity index (χ1v) is 5.39. The molecule has 0 spiro atoms. The van der Waals surface area contributed by atoms with Crippen molar-refractivity contribution < 1.29 is 13.2 Å². The zero-order chi connectivity index (χ0) is 13.3. The molecule has 0 amide bonds. The molecule has 0 fully saturated rings. The van der Waals surface area contributed by atoms with Gasteiger partial charge >= 0.3 is 0 Å². The van der Waals surface area contributed by atoms with Gasteiger partial charge in [0.25, 0.3) is 0 Å². The van der Waals surface area contributed by atoms with Crippen molar-refractivity contribution in [2.45, 2.75) is 19.8 Å². The summed E-state index contributed by atoms with van der Waals surface area (Å²) in [5, 5.41) is 7.26. The van der Waals surface area contributed by atoms with Gasteiger partial charge in [-0.05, 0) is 6.42 Å². The van der Waals surface area contributed by atoms with Crippen LogP contribution in [0.25, 0.3) is 5.69 Å². The second kappa shape index (κ2) is 4.67.